The number of methoxy groups -OCH3 is 1. The first-order valence-corrected chi connectivity index (χ1v) is 9.92. The summed E-state index contributed by atoms with van der Waals surface area (Å²) in [6.07, 6.45) is 6.14. The third-order valence-corrected chi connectivity index (χ3v) is 7.31. The molecule has 4 atom stereocenters. The summed E-state index contributed by atoms with van der Waals surface area (Å²) in [7, 11) is -2.80. The third-order valence-electron chi connectivity index (χ3n) is 5.51. The van der Waals surface area contributed by atoms with Crippen molar-refractivity contribution >= 4 is 21.9 Å². The first-order chi connectivity index (χ1) is 12.4. The van der Waals surface area contributed by atoms with Crippen LogP contribution in [0.15, 0.2) is 53.0 Å². The van der Waals surface area contributed by atoms with E-state index in [1.165, 1.54) is 19.2 Å². The number of amides is 1. The van der Waals surface area contributed by atoms with E-state index in [0.29, 0.717) is 6.42 Å². The lowest BCUT2D eigenvalue weighted by Gasteiger charge is -2.49. The van der Waals surface area contributed by atoms with Crippen molar-refractivity contribution < 1.29 is 22.7 Å². The molecule has 0 unspecified atom stereocenters. The lowest BCUT2D eigenvalue weighted by atomic mass is 9.68. The van der Waals surface area contributed by atoms with Gasteiger partial charge in [-0.3, -0.25) is 4.79 Å². The van der Waals surface area contributed by atoms with Crippen molar-refractivity contribution in [1.82, 2.24) is 4.31 Å². The largest absolute Gasteiger partial charge is 0.466 e. The predicted molar refractivity (Wildman–Crippen MR) is 93.3 cm³/mol. The Balaban J connectivity index is 1.84. The van der Waals surface area contributed by atoms with Crippen LogP contribution in [-0.2, 0) is 24.3 Å². The highest BCUT2D eigenvalue weighted by Gasteiger charge is 2.58. The SMILES string of the molecule is COC(=O)C1=C[C@H]2C(=O)N(S(=O)(=O)c3ccc(C)cc3)[C@@H]1[C@H]1CC=C[C@H]12. The van der Waals surface area contributed by atoms with Crippen LogP contribution in [0.4, 0.5) is 0 Å². The number of rotatable bonds is 3. The van der Waals surface area contributed by atoms with E-state index in [1.54, 1.807) is 18.2 Å². The summed E-state index contributed by atoms with van der Waals surface area (Å²) in [5.41, 5.74) is 1.18. The molecular formula is C19H19NO5S. The molecule has 0 N–H and O–H groups in total. The Labute approximate surface area is 152 Å². The molecule has 1 aromatic carbocycles. The van der Waals surface area contributed by atoms with Crippen LogP contribution in [0.25, 0.3) is 0 Å². The van der Waals surface area contributed by atoms with E-state index in [9.17, 15) is 18.0 Å². The minimum atomic E-state index is -4.06. The van der Waals surface area contributed by atoms with Crippen molar-refractivity contribution in [2.45, 2.75) is 24.3 Å². The van der Waals surface area contributed by atoms with Gasteiger partial charge in [-0.25, -0.2) is 17.5 Å². The molecule has 136 valence electrons. The van der Waals surface area contributed by atoms with Crippen molar-refractivity contribution in [2.24, 2.45) is 17.8 Å². The van der Waals surface area contributed by atoms with Gasteiger partial charge in [0, 0.05) is 0 Å². The molecule has 5 rings (SSSR count). The number of hydrogen-bond acceptors (Lipinski definition) is 5. The summed E-state index contributed by atoms with van der Waals surface area (Å²) in [6.45, 7) is 1.86. The van der Waals surface area contributed by atoms with Crippen LogP contribution in [0.5, 0.6) is 0 Å². The fourth-order valence-corrected chi connectivity index (χ4v) is 5.91. The van der Waals surface area contributed by atoms with E-state index >= 15 is 0 Å². The summed E-state index contributed by atoms with van der Waals surface area (Å²) in [4.78, 5) is 25.3. The number of benzene rings is 1. The number of aryl methyl sites for hydroxylation is 1. The van der Waals surface area contributed by atoms with Crippen molar-refractivity contribution in [3.05, 3.63) is 53.6 Å². The highest BCUT2D eigenvalue weighted by Crippen LogP contribution is 2.50. The van der Waals surface area contributed by atoms with Gasteiger partial charge in [0.25, 0.3) is 10.0 Å². The number of fused-ring (bicyclic) bond motifs is 1. The van der Waals surface area contributed by atoms with Gasteiger partial charge in [0.1, 0.15) is 0 Å². The molecule has 0 radical (unpaired) electrons. The van der Waals surface area contributed by atoms with Gasteiger partial charge in [-0.2, -0.15) is 0 Å². The molecule has 0 saturated carbocycles. The standard InChI is InChI=1S/C19H19NO5S/c1-11-6-8-12(9-7-11)26(23,24)20-17-14-5-3-4-13(14)15(18(20)21)10-16(17)19(22)25-2/h3-4,6-10,13-15,17H,5H2,1-2H3/t13-,14+,15-,17-/m1/s1. The van der Waals surface area contributed by atoms with Crippen LogP contribution in [0, 0.1) is 24.7 Å². The summed E-state index contributed by atoms with van der Waals surface area (Å²) < 4.78 is 32.3. The molecule has 2 aliphatic carbocycles. The van der Waals surface area contributed by atoms with Gasteiger partial charge in [-0.05, 0) is 37.3 Å². The highest BCUT2D eigenvalue weighted by atomic mass is 32.2. The van der Waals surface area contributed by atoms with Gasteiger partial charge in [-0.1, -0.05) is 35.9 Å². The van der Waals surface area contributed by atoms with Crippen LogP contribution in [0.2, 0.25) is 0 Å². The second-order valence-corrected chi connectivity index (χ2v) is 8.76. The number of piperidine rings is 1. The minimum Gasteiger partial charge on any atom is -0.466 e. The second kappa shape index (κ2) is 5.81. The number of nitrogens with zero attached hydrogens (tertiary/aromatic N) is 1. The van der Waals surface area contributed by atoms with Crippen molar-refractivity contribution in [2.75, 3.05) is 7.11 Å². The molecule has 2 bridgehead atoms. The summed E-state index contributed by atoms with van der Waals surface area (Å²) >= 11 is 0. The Kier molecular flexibility index (Phi) is 3.80. The topological polar surface area (TPSA) is 80.8 Å². The van der Waals surface area contributed by atoms with E-state index < -0.39 is 33.9 Å². The van der Waals surface area contributed by atoms with E-state index in [4.69, 9.17) is 4.74 Å². The molecule has 1 aromatic rings. The molecule has 4 aliphatic rings. The fourth-order valence-electron chi connectivity index (χ4n) is 4.27. The Hall–Kier alpha value is -2.41. The Morgan fingerprint density at radius 2 is 1.92 bits per heavy atom. The van der Waals surface area contributed by atoms with Gasteiger partial charge < -0.3 is 4.74 Å². The molecule has 6 nitrogen and oxygen atoms in total. The maximum absolute atomic E-state index is 13.2. The first kappa shape index (κ1) is 17.0. The molecule has 1 fully saturated rings. The monoisotopic (exact) mass is 373 g/mol. The zero-order valence-electron chi connectivity index (χ0n) is 14.5. The maximum Gasteiger partial charge on any atom is 0.335 e. The number of carbonyl (C=O) groups is 2. The van der Waals surface area contributed by atoms with Gasteiger partial charge >= 0.3 is 5.97 Å². The van der Waals surface area contributed by atoms with Crippen LogP contribution < -0.4 is 0 Å². The summed E-state index contributed by atoms with van der Waals surface area (Å²) in [6, 6.07) is 5.54. The van der Waals surface area contributed by atoms with Crippen LogP contribution >= 0.6 is 0 Å². The van der Waals surface area contributed by atoms with Crippen molar-refractivity contribution in [3.8, 4) is 0 Å². The average Bonchev–Trinajstić information content (AvgIpc) is 3.12. The smallest absolute Gasteiger partial charge is 0.335 e. The van der Waals surface area contributed by atoms with Crippen LogP contribution in [-0.4, -0.2) is 37.8 Å². The Bertz CT molecular complexity index is 945. The zero-order valence-corrected chi connectivity index (χ0v) is 15.3. The number of hydrogen-bond donors (Lipinski definition) is 0. The third kappa shape index (κ3) is 2.26. The van der Waals surface area contributed by atoms with E-state index in [2.05, 4.69) is 0 Å². The molecule has 1 saturated heterocycles. The lowest BCUT2D eigenvalue weighted by molar-refractivity contribution is -0.142. The van der Waals surface area contributed by atoms with Crippen molar-refractivity contribution in [1.29, 1.82) is 0 Å². The fraction of sp³-hybridized carbons (Fsp3) is 0.368. The first-order valence-electron chi connectivity index (χ1n) is 8.48. The van der Waals surface area contributed by atoms with Crippen LogP contribution in [0.1, 0.15) is 12.0 Å². The van der Waals surface area contributed by atoms with E-state index in [-0.39, 0.29) is 22.3 Å². The molecule has 26 heavy (non-hydrogen) atoms. The second-order valence-electron chi connectivity index (χ2n) is 6.94. The Morgan fingerprint density at radius 3 is 2.58 bits per heavy atom. The maximum atomic E-state index is 13.2. The number of ether oxygens (including phenoxy) is 1. The van der Waals surface area contributed by atoms with Gasteiger partial charge in [0.05, 0.1) is 29.5 Å². The minimum absolute atomic E-state index is 0.0516. The average molecular weight is 373 g/mol. The highest BCUT2D eigenvalue weighted by molar-refractivity contribution is 7.89. The number of esters is 1. The van der Waals surface area contributed by atoms with Gasteiger partial charge in [-0.15, -0.1) is 0 Å². The number of allylic oxidation sites excluding steroid dienone is 2. The predicted octanol–water partition coefficient (Wildman–Crippen LogP) is 1.82. The summed E-state index contributed by atoms with van der Waals surface area (Å²) in [5, 5.41) is 0. The van der Waals surface area contributed by atoms with Crippen molar-refractivity contribution in [3.63, 3.8) is 0 Å². The number of sulfonamides is 1. The molecular weight excluding hydrogens is 354 g/mol. The van der Waals surface area contributed by atoms with Crippen LogP contribution in [0.3, 0.4) is 0 Å². The van der Waals surface area contributed by atoms with E-state index in [0.717, 1.165) is 9.87 Å². The van der Waals surface area contributed by atoms with Gasteiger partial charge in [0.15, 0.2) is 0 Å². The molecule has 0 spiro atoms. The molecule has 7 heteroatoms. The molecule has 2 heterocycles. The molecule has 0 aromatic heterocycles. The van der Waals surface area contributed by atoms with E-state index in [1.807, 2.05) is 19.1 Å². The quantitative estimate of drug-likeness (QED) is 0.596. The Morgan fingerprint density at radius 1 is 1.23 bits per heavy atom. The zero-order chi connectivity index (χ0) is 18.6. The number of carbonyl (C=O) groups excluding carboxylic acids is 2. The molecule has 1 amide bonds. The van der Waals surface area contributed by atoms with Gasteiger partial charge in [0.2, 0.25) is 5.91 Å². The summed E-state index contributed by atoms with van der Waals surface area (Å²) in [5.74, 6) is -1.90. The lowest BCUT2D eigenvalue weighted by Crippen LogP contribution is -2.61. The normalized spacial score (nSPS) is 29.5. The molecule has 2 aliphatic heterocycles.